The molecule has 1 aromatic heterocycles. The molecule has 33 heavy (non-hydrogen) atoms. The molecule has 2 aromatic carbocycles. The van der Waals surface area contributed by atoms with Gasteiger partial charge < -0.3 is 24.0 Å². The van der Waals surface area contributed by atoms with Gasteiger partial charge in [0.2, 0.25) is 0 Å². The fraction of sp³-hybridized carbons (Fsp3) is 0.240. The van der Waals surface area contributed by atoms with Gasteiger partial charge in [0.05, 0.1) is 32.2 Å². The standard InChI is InChI=1S/C25H25N3O5/c1-32-19-9-7-17(8-10-19)22-21(23(29)18-5-3-6-20(15-18)33-2)24(30)25(31)28(22)13-4-12-27-14-11-26-16-27/h3,5-11,14-16,22,29H,4,12-13H2,1-2H3/b23-21-. The molecule has 0 aliphatic carbocycles. The van der Waals surface area contributed by atoms with Gasteiger partial charge in [0, 0.05) is 31.0 Å². The number of amides is 1. The summed E-state index contributed by atoms with van der Waals surface area (Å²) in [5.41, 5.74) is 1.17. The lowest BCUT2D eigenvalue weighted by atomic mass is 9.95. The quantitative estimate of drug-likeness (QED) is 0.323. The summed E-state index contributed by atoms with van der Waals surface area (Å²) in [6.45, 7) is 0.989. The lowest BCUT2D eigenvalue weighted by molar-refractivity contribution is -0.139. The molecule has 2 heterocycles. The first-order valence-corrected chi connectivity index (χ1v) is 10.6. The first kappa shape index (κ1) is 22.1. The summed E-state index contributed by atoms with van der Waals surface area (Å²) in [6.07, 6.45) is 5.86. The maximum Gasteiger partial charge on any atom is 0.295 e. The minimum atomic E-state index is -0.718. The average molecular weight is 447 g/mol. The van der Waals surface area contributed by atoms with Crippen molar-refractivity contribution in [1.82, 2.24) is 14.5 Å². The number of rotatable bonds is 8. The molecule has 1 unspecified atom stereocenters. The molecule has 1 amide bonds. The number of aromatic nitrogens is 2. The molecule has 0 saturated carbocycles. The highest BCUT2D eigenvalue weighted by molar-refractivity contribution is 6.46. The molecular formula is C25H25N3O5. The molecule has 170 valence electrons. The van der Waals surface area contributed by atoms with Crippen molar-refractivity contribution in [2.24, 2.45) is 0 Å². The number of aryl methyl sites for hydroxylation is 1. The highest BCUT2D eigenvalue weighted by Crippen LogP contribution is 2.40. The van der Waals surface area contributed by atoms with E-state index in [0.717, 1.165) is 0 Å². The van der Waals surface area contributed by atoms with Gasteiger partial charge in [-0.3, -0.25) is 9.59 Å². The maximum atomic E-state index is 13.1. The lowest BCUT2D eigenvalue weighted by Crippen LogP contribution is -2.31. The van der Waals surface area contributed by atoms with E-state index in [1.54, 1.807) is 68.2 Å². The highest BCUT2D eigenvalue weighted by atomic mass is 16.5. The minimum absolute atomic E-state index is 0.0565. The molecule has 1 saturated heterocycles. The Labute approximate surface area is 191 Å². The Kier molecular flexibility index (Phi) is 6.44. The van der Waals surface area contributed by atoms with Crippen molar-refractivity contribution < 1.29 is 24.2 Å². The second kappa shape index (κ2) is 9.60. The van der Waals surface area contributed by atoms with Crippen LogP contribution in [0.2, 0.25) is 0 Å². The van der Waals surface area contributed by atoms with Crippen LogP contribution in [0.5, 0.6) is 11.5 Å². The summed E-state index contributed by atoms with van der Waals surface area (Å²) in [6, 6.07) is 13.2. The highest BCUT2D eigenvalue weighted by Gasteiger charge is 2.45. The number of carbonyl (C=O) groups excluding carboxylic acids is 2. The number of imidazole rings is 1. The van der Waals surface area contributed by atoms with Crippen LogP contribution in [0, 0.1) is 0 Å². The number of hydrogen-bond donors (Lipinski definition) is 1. The van der Waals surface area contributed by atoms with Crippen LogP contribution in [0.25, 0.3) is 5.76 Å². The molecule has 4 rings (SSSR count). The minimum Gasteiger partial charge on any atom is -0.507 e. The van der Waals surface area contributed by atoms with E-state index in [4.69, 9.17) is 9.47 Å². The van der Waals surface area contributed by atoms with Crippen LogP contribution in [0.15, 0.2) is 72.8 Å². The molecule has 1 atom stereocenters. The largest absolute Gasteiger partial charge is 0.507 e. The van der Waals surface area contributed by atoms with Crippen LogP contribution < -0.4 is 9.47 Å². The van der Waals surface area contributed by atoms with Crippen LogP contribution in [0.3, 0.4) is 0 Å². The number of Topliss-reactive ketones (excluding diaryl/α,β-unsaturated/α-hetero) is 1. The van der Waals surface area contributed by atoms with E-state index < -0.39 is 17.7 Å². The van der Waals surface area contributed by atoms with Gasteiger partial charge in [0.15, 0.2) is 0 Å². The van der Waals surface area contributed by atoms with Gasteiger partial charge in [-0.05, 0) is 36.2 Å². The molecule has 0 spiro atoms. The Bertz CT molecular complexity index is 1170. The van der Waals surface area contributed by atoms with Crippen molar-refractivity contribution in [3.8, 4) is 11.5 Å². The number of aliphatic hydroxyl groups is 1. The van der Waals surface area contributed by atoms with Gasteiger partial charge in [-0.1, -0.05) is 24.3 Å². The molecule has 0 bridgehead atoms. The van der Waals surface area contributed by atoms with Crippen LogP contribution >= 0.6 is 0 Å². The van der Waals surface area contributed by atoms with Gasteiger partial charge >= 0.3 is 0 Å². The predicted octanol–water partition coefficient (Wildman–Crippen LogP) is 3.41. The third-order valence-electron chi connectivity index (χ3n) is 5.69. The van der Waals surface area contributed by atoms with Crippen molar-refractivity contribution >= 4 is 17.4 Å². The number of ketones is 1. The van der Waals surface area contributed by atoms with E-state index in [9.17, 15) is 14.7 Å². The third-order valence-corrected chi connectivity index (χ3v) is 5.69. The number of aliphatic hydroxyl groups excluding tert-OH is 1. The molecule has 1 fully saturated rings. The number of benzene rings is 2. The number of methoxy groups -OCH3 is 2. The Morgan fingerprint density at radius 2 is 1.79 bits per heavy atom. The number of carbonyl (C=O) groups is 2. The van der Waals surface area contributed by atoms with E-state index in [1.807, 2.05) is 10.8 Å². The van der Waals surface area contributed by atoms with Crippen LogP contribution in [-0.4, -0.2) is 52.0 Å². The van der Waals surface area contributed by atoms with Crippen molar-refractivity contribution in [3.05, 3.63) is 84.0 Å². The smallest absolute Gasteiger partial charge is 0.295 e. The fourth-order valence-electron chi connectivity index (χ4n) is 4.01. The second-order valence-electron chi connectivity index (χ2n) is 7.65. The molecule has 8 heteroatoms. The number of nitrogens with zero attached hydrogens (tertiary/aromatic N) is 3. The normalized spacial score (nSPS) is 17.4. The van der Waals surface area contributed by atoms with E-state index in [-0.39, 0.29) is 11.3 Å². The van der Waals surface area contributed by atoms with Gasteiger partial charge in [-0.25, -0.2) is 4.98 Å². The molecule has 8 nitrogen and oxygen atoms in total. The van der Waals surface area contributed by atoms with E-state index in [1.165, 1.54) is 12.0 Å². The summed E-state index contributed by atoms with van der Waals surface area (Å²) >= 11 is 0. The summed E-state index contributed by atoms with van der Waals surface area (Å²) in [7, 11) is 3.09. The molecule has 1 aliphatic rings. The molecular weight excluding hydrogens is 422 g/mol. The monoisotopic (exact) mass is 447 g/mol. The van der Waals surface area contributed by atoms with Crippen molar-refractivity contribution in [3.63, 3.8) is 0 Å². The van der Waals surface area contributed by atoms with Crippen LogP contribution in [0.4, 0.5) is 0 Å². The predicted molar refractivity (Wildman–Crippen MR) is 122 cm³/mol. The number of hydrogen-bond acceptors (Lipinski definition) is 6. The molecule has 0 radical (unpaired) electrons. The Balaban J connectivity index is 1.74. The van der Waals surface area contributed by atoms with E-state index in [2.05, 4.69) is 4.98 Å². The van der Waals surface area contributed by atoms with Gasteiger partial charge in [0.25, 0.3) is 11.7 Å². The zero-order valence-electron chi connectivity index (χ0n) is 18.5. The van der Waals surface area contributed by atoms with Gasteiger partial charge in [-0.15, -0.1) is 0 Å². The number of ether oxygens (including phenoxy) is 2. The van der Waals surface area contributed by atoms with Crippen LogP contribution in [-0.2, 0) is 16.1 Å². The average Bonchev–Trinajstić information content (AvgIpc) is 3.46. The number of likely N-dealkylation sites (tertiary alicyclic amines) is 1. The van der Waals surface area contributed by atoms with Crippen molar-refractivity contribution in [2.75, 3.05) is 20.8 Å². The molecule has 1 aliphatic heterocycles. The van der Waals surface area contributed by atoms with Crippen LogP contribution in [0.1, 0.15) is 23.6 Å². The first-order chi connectivity index (χ1) is 16.0. The summed E-state index contributed by atoms with van der Waals surface area (Å²) in [5.74, 6) is -0.381. The topological polar surface area (TPSA) is 93.9 Å². The summed E-state index contributed by atoms with van der Waals surface area (Å²) < 4.78 is 12.4. The maximum absolute atomic E-state index is 13.1. The van der Waals surface area contributed by atoms with E-state index in [0.29, 0.717) is 42.1 Å². The lowest BCUT2D eigenvalue weighted by Gasteiger charge is -2.25. The van der Waals surface area contributed by atoms with Gasteiger partial charge in [-0.2, -0.15) is 0 Å². The molecule has 1 N–H and O–H groups in total. The van der Waals surface area contributed by atoms with Gasteiger partial charge in [0.1, 0.15) is 17.3 Å². The summed E-state index contributed by atoms with van der Waals surface area (Å²) in [4.78, 5) is 31.7. The Morgan fingerprint density at radius 3 is 2.45 bits per heavy atom. The second-order valence-corrected chi connectivity index (χ2v) is 7.65. The van der Waals surface area contributed by atoms with E-state index >= 15 is 0 Å². The zero-order valence-corrected chi connectivity index (χ0v) is 18.5. The molecule has 3 aromatic rings. The fourth-order valence-corrected chi connectivity index (χ4v) is 4.01. The van der Waals surface area contributed by atoms with Crippen molar-refractivity contribution in [1.29, 1.82) is 0 Å². The Morgan fingerprint density at radius 1 is 1.03 bits per heavy atom. The Hall–Kier alpha value is -4.07. The van der Waals surface area contributed by atoms with Crippen molar-refractivity contribution in [2.45, 2.75) is 19.0 Å². The third kappa shape index (κ3) is 4.45. The first-order valence-electron chi connectivity index (χ1n) is 10.6. The zero-order chi connectivity index (χ0) is 23.4. The SMILES string of the molecule is COc1ccc(C2/C(=C(/O)c3cccc(OC)c3)C(=O)C(=O)N2CCCn2ccnc2)cc1. The summed E-state index contributed by atoms with van der Waals surface area (Å²) in [5, 5.41) is 11.1.